The smallest absolute Gasteiger partial charge is 0.271 e. The third kappa shape index (κ3) is 2.62. The molecule has 3 rings (SSSR count). The molecule has 1 aromatic carbocycles. The van der Waals surface area contributed by atoms with E-state index in [2.05, 4.69) is 15.3 Å². The topological polar surface area (TPSA) is 59.3 Å². The number of carbonyl (C=O) groups is 1. The van der Waals surface area contributed by atoms with Gasteiger partial charge in [0.15, 0.2) is 0 Å². The van der Waals surface area contributed by atoms with Gasteiger partial charge in [-0.25, -0.2) is 9.97 Å². The molecule has 20 heavy (non-hydrogen) atoms. The third-order valence-electron chi connectivity index (χ3n) is 2.81. The standard InChI is InChI=1S/C14H11ClN4O/c15-11-7-17-14-18-12(9-19(14)8-11)13(20)16-6-10-4-2-1-3-5-10/h1-5,7-9H,6H2,(H,16,20). The van der Waals surface area contributed by atoms with Gasteiger partial charge < -0.3 is 5.32 Å². The van der Waals surface area contributed by atoms with E-state index in [1.165, 1.54) is 6.20 Å². The van der Waals surface area contributed by atoms with Crippen LogP contribution in [0.15, 0.2) is 48.9 Å². The van der Waals surface area contributed by atoms with Crippen LogP contribution in [0.25, 0.3) is 5.78 Å². The summed E-state index contributed by atoms with van der Waals surface area (Å²) < 4.78 is 1.62. The zero-order valence-corrected chi connectivity index (χ0v) is 11.2. The van der Waals surface area contributed by atoms with Crippen molar-refractivity contribution in [2.75, 3.05) is 0 Å². The van der Waals surface area contributed by atoms with Crippen molar-refractivity contribution >= 4 is 23.3 Å². The van der Waals surface area contributed by atoms with Crippen molar-refractivity contribution in [3.05, 3.63) is 65.2 Å². The molecule has 0 spiro atoms. The summed E-state index contributed by atoms with van der Waals surface area (Å²) in [4.78, 5) is 20.2. The minimum absolute atomic E-state index is 0.240. The highest BCUT2D eigenvalue weighted by molar-refractivity contribution is 6.30. The molecule has 0 saturated carbocycles. The summed E-state index contributed by atoms with van der Waals surface area (Å²) >= 11 is 5.84. The molecule has 0 atom stereocenters. The summed E-state index contributed by atoms with van der Waals surface area (Å²) in [6.07, 6.45) is 4.76. The van der Waals surface area contributed by atoms with Crippen molar-refractivity contribution in [3.8, 4) is 0 Å². The molecule has 2 heterocycles. The van der Waals surface area contributed by atoms with E-state index in [-0.39, 0.29) is 5.91 Å². The SMILES string of the molecule is O=C(NCc1ccccc1)c1cn2cc(Cl)cnc2n1. The molecule has 0 saturated heterocycles. The predicted octanol–water partition coefficient (Wildman–Crippen LogP) is 2.31. The number of fused-ring (bicyclic) bond motifs is 1. The molecular formula is C14H11ClN4O. The number of imidazole rings is 1. The Morgan fingerprint density at radius 3 is 2.85 bits per heavy atom. The van der Waals surface area contributed by atoms with Crippen LogP contribution in [0.1, 0.15) is 16.1 Å². The van der Waals surface area contributed by atoms with Crippen LogP contribution in [0, 0.1) is 0 Å². The Balaban J connectivity index is 1.75. The van der Waals surface area contributed by atoms with Crippen LogP contribution < -0.4 is 5.32 Å². The van der Waals surface area contributed by atoms with Crippen LogP contribution in [0.3, 0.4) is 0 Å². The van der Waals surface area contributed by atoms with Gasteiger partial charge in [-0.05, 0) is 5.56 Å². The number of nitrogens with zero attached hydrogens (tertiary/aromatic N) is 3. The lowest BCUT2D eigenvalue weighted by Crippen LogP contribution is -2.23. The predicted molar refractivity (Wildman–Crippen MR) is 75.6 cm³/mol. The average Bonchev–Trinajstić information content (AvgIpc) is 2.89. The Bertz CT molecular complexity index is 754. The van der Waals surface area contributed by atoms with Crippen LogP contribution in [-0.4, -0.2) is 20.3 Å². The number of hydrogen-bond donors (Lipinski definition) is 1. The first-order chi connectivity index (χ1) is 9.72. The number of halogens is 1. The van der Waals surface area contributed by atoms with Crippen LogP contribution in [-0.2, 0) is 6.54 Å². The van der Waals surface area contributed by atoms with E-state index < -0.39 is 0 Å². The Kier molecular flexibility index (Phi) is 3.35. The fourth-order valence-corrected chi connectivity index (χ4v) is 1.99. The van der Waals surface area contributed by atoms with E-state index in [1.54, 1.807) is 16.8 Å². The first-order valence-electron chi connectivity index (χ1n) is 6.05. The van der Waals surface area contributed by atoms with Crippen molar-refractivity contribution in [1.82, 2.24) is 19.7 Å². The number of hydrogen-bond acceptors (Lipinski definition) is 3. The van der Waals surface area contributed by atoms with Gasteiger partial charge in [0.1, 0.15) is 5.69 Å². The largest absolute Gasteiger partial charge is 0.347 e. The molecule has 100 valence electrons. The molecule has 1 amide bonds. The highest BCUT2D eigenvalue weighted by Crippen LogP contribution is 2.09. The Morgan fingerprint density at radius 2 is 2.05 bits per heavy atom. The van der Waals surface area contributed by atoms with Gasteiger partial charge in [-0.15, -0.1) is 0 Å². The molecule has 0 fully saturated rings. The summed E-state index contributed by atoms with van der Waals surface area (Å²) in [6, 6.07) is 9.69. The summed E-state index contributed by atoms with van der Waals surface area (Å²) in [5, 5.41) is 3.31. The number of rotatable bonds is 3. The minimum Gasteiger partial charge on any atom is -0.347 e. The van der Waals surface area contributed by atoms with Gasteiger partial charge in [-0.3, -0.25) is 9.20 Å². The number of aromatic nitrogens is 3. The van der Waals surface area contributed by atoms with Gasteiger partial charge in [0.2, 0.25) is 5.78 Å². The maximum absolute atomic E-state index is 12.0. The Labute approximate surface area is 120 Å². The number of nitrogens with one attached hydrogen (secondary N) is 1. The van der Waals surface area contributed by atoms with Crippen LogP contribution >= 0.6 is 11.6 Å². The summed E-state index contributed by atoms with van der Waals surface area (Å²) in [6.45, 7) is 0.460. The minimum atomic E-state index is -0.240. The molecule has 0 aliphatic carbocycles. The van der Waals surface area contributed by atoms with E-state index in [9.17, 15) is 4.79 Å². The number of benzene rings is 1. The van der Waals surface area contributed by atoms with Crippen molar-refractivity contribution in [2.24, 2.45) is 0 Å². The fraction of sp³-hybridized carbons (Fsp3) is 0.0714. The summed E-state index contributed by atoms with van der Waals surface area (Å²) in [5.74, 6) is 0.203. The van der Waals surface area contributed by atoms with E-state index in [0.29, 0.717) is 23.0 Å². The van der Waals surface area contributed by atoms with Gasteiger partial charge in [0.25, 0.3) is 5.91 Å². The molecule has 3 aromatic rings. The Hall–Kier alpha value is -2.40. The molecule has 1 N–H and O–H groups in total. The van der Waals surface area contributed by atoms with Gasteiger partial charge >= 0.3 is 0 Å². The first kappa shape index (κ1) is 12.6. The maximum Gasteiger partial charge on any atom is 0.271 e. The molecule has 6 heteroatoms. The van der Waals surface area contributed by atoms with E-state index >= 15 is 0 Å². The van der Waals surface area contributed by atoms with Crippen molar-refractivity contribution < 1.29 is 4.79 Å². The monoisotopic (exact) mass is 286 g/mol. The van der Waals surface area contributed by atoms with Crippen molar-refractivity contribution in [2.45, 2.75) is 6.54 Å². The third-order valence-corrected chi connectivity index (χ3v) is 3.00. The van der Waals surface area contributed by atoms with Gasteiger partial charge in [0.05, 0.1) is 11.2 Å². The van der Waals surface area contributed by atoms with E-state index in [4.69, 9.17) is 11.6 Å². The number of carbonyl (C=O) groups excluding carboxylic acids is 1. The highest BCUT2D eigenvalue weighted by atomic mass is 35.5. The van der Waals surface area contributed by atoms with E-state index in [0.717, 1.165) is 5.56 Å². The molecule has 0 unspecified atom stereocenters. The molecule has 0 bridgehead atoms. The van der Waals surface area contributed by atoms with Crippen molar-refractivity contribution in [3.63, 3.8) is 0 Å². The molecule has 2 aromatic heterocycles. The first-order valence-corrected chi connectivity index (χ1v) is 6.42. The van der Waals surface area contributed by atoms with E-state index in [1.807, 2.05) is 30.3 Å². The second kappa shape index (κ2) is 5.30. The normalized spacial score (nSPS) is 10.7. The number of amides is 1. The maximum atomic E-state index is 12.0. The van der Waals surface area contributed by atoms with Gasteiger partial charge in [-0.2, -0.15) is 0 Å². The Morgan fingerprint density at radius 1 is 1.25 bits per heavy atom. The lowest BCUT2D eigenvalue weighted by molar-refractivity contribution is 0.0946. The lowest BCUT2D eigenvalue weighted by Gasteiger charge is -2.02. The molecule has 5 nitrogen and oxygen atoms in total. The van der Waals surface area contributed by atoms with Crippen LogP contribution in [0.5, 0.6) is 0 Å². The zero-order chi connectivity index (χ0) is 13.9. The fourth-order valence-electron chi connectivity index (χ4n) is 1.84. The summed E-state index contributed by atoms with van der Waals surface area (Å²) in [7, 11) is 0. The second-order valence-electron chi connectivity index (χ2n) is 4.27. The van der Waals surface area contributed by atoms with Gasteiger partial charge in [0, 0.05) is 18.9 Å². The molecule has 0 aliphatic heterocycles. The summed E-state index contributed by atoms with van der Waals surface area (Å²) in [5.41, 5.74) is 1.35. The van der Waals surface area contributed by atoms with Gasteiger partial charge in [-0.1, -0.05) is 41.9 Å². The van der Waals surface area contributed by atoms with Crippen LogP contribution in [0.4, 0.5) is 0 Å². The van der Waals surface area contributed by atoms with Crippen LogP contribution in [0.2, 0.25) is 5.02 Å². The zero-order valence-electron chi connectivity index (χ0n) is 10.5. The molecular weight excluding hydrogens is 276 g/mol. The molecule has 0 aliphatic rings. The quantitative estimate of drug-likeness (QED) is 0.804. The lowest BCUT2D eigenvalue weighted by atomic mass is 10.2. The molecule has 0 radical (unpaired) electrons. The second-order valence-corrected chi connectivity index (χ2v) is 4.71. The van der Waals surface area contributed by atoms with Crippen molar-refractivity contribution in [1.29, 1.82) is 0 Å². The average molecular weight is 287 g/mol. The highest BCUT2D eigenvalue weighted by Gasteiger charge is 2.11.